The largest absolute Gasteiger partial charge is 0.418 e. The number of sulfonamides is 1. The van der Waals surface area contributed by atoms with Crippen molar-refractivity contribution in [1.29, 1.82) is 0 Å². The Kier molecular flexibility index (Phi) is 7.21. The monoisotopic (exact) mass is 443 g/mol. The molecule has 2 N–H and O–H groups in total. The number of para-hydroxylation sites is 1. The lowest BCUT2D eigenvalue weighted by atomic mass is 10.1. The summed E-state index contributed by atoms with van der Waals surface area (Å²) in [4.78, 5) is 26.0. The maximum atomic E-state index is 13.1. The number of nitrogens with zero attached hydrogens (tertiary/aromatic N) is 1. The van der Waals surface area contributed by atoms with Crippen LogP contribution in [0.2, 0.25) is 0 Å². The van der Waals surface area contributed by atoms with Crippen LogP contribution in [0.1, 0.15) is 22.8 Å². The molecule has 7 nitrogen and oxygen atoms in total. The van der Waals surface area contributed by atoms with Crippen LogP contribution < -0.4 is 10.0 Å². The van der Waals surface area contributed by atoms with E-state index >= 15 is 0 Å². The zero-order valence-corrected chi connectivity index (χ0v) is 17.0. The van der Waals surface area contributed by atoms with E-state index in [-0.39, 0.29) is 17.0 Å². The Morgan fingerprint density at radius 1 is 1.03 bits per heavy atom. The number of halogens is 3. The Bertz CT molecular complexity index is 1020. The first-order chi connectivity index (χ1) is 14.0. The number of hydrogen-bond donors (Lipinski definition) is 2. The van der Waals surface area contributed by atoms with Crippen LogP contribution >= 0.6 is 0 Å². The molecule has 0 heterocycles. The van der Waals surface area contributed by atoms with Crippen molar-refractivity contribution in [2.45, 2.75) is 18.0 Å². The second-order valence-corrected chi connectivity index (χ2v) is 8.03. The number of anilines is 1. The van der Waals surface area contributed by atoms with Gasteiger partial charge in [0.25, 0.3) is 5.91 Å². The molecule has 162 valence electrons. The number of rotatable bonds is 7. The fourth-order valence-corrected chi connectivity index (χ4v) is 3.34. The van der Waals surface area contributed by atoms with Crippen LogP contribution in [-0.2, 0) is 21.0 Å². The first-order valence-corrected chi connectivity index (χ1v) is 10.3. The number of likely N-dealkylation sites (N-methyl/N-ethyl adjacent to an activating group) is 1. The van der Waals surface area contributed by atoms with E-state index in [1.54, 1.807) is 6.92 Å². The second kappa shape index (κ2) is 9.26. The lowest BCUT2D eigenvalue weighted by Crippen LogP contribution is -2.38. The van der Waals surface area contributed by atoms with Gasteiger partial charge in [0.05, 0.1) is 16.1 Å². The van der Waals surface area contributed by atoms with Gasteiger partial charge in [-0.3, -0.25) is 9.59 Å². The van der Waals surface area contributed by atoms with E-state index in [4.69, 9.17) is 0 Å². The number of carbonyl (C=O) groups excluding carboxylic acids is 2. The van der Waals surface area contributed by atoms with Crippen molar-refractivity contribution in [3.63, 3.8) is 0 Å². The minimum Gasteiger partial charge on any atom is -0.330 e. The van der Waals surface area contributed by atoms with Gasteiger partial charge in [0.2, 0.25) is 15.9 Å². The second-order valence-electron chi connectivity index (χ2n) is 6.14. The smallest absolute Gasteiger partial charge is 0.330 e. The van der Waals surface area contributed by atoms with Crippen molar-refractivity contribution in [2.24, 2.45) is 0 Å². The molecule has 0 atom stereocenters. The molecule has 0 fully saturated rings. The van der Waals surface area contributed by atoms with Gasteiger partial charge in [-0.25, -0.2) is 13.1 Å². The summed E-state index contributed by atoms with van der Waals surface area (Å²) >= 11 is 0. The summed E-state index contributed by atoms with van der Waals surface area (Å²) < 4.78 is 64.8. The van der Waals surface area contributed by atoms with Crippen LogP contribution in [0.4, 0.5) is 18.9 Å². The molecular weight excluding hydrogens is 423 g/mol. The average Bonchev–Trinajstić information content (AvgIpc) is 2.71. The number of carbonyl (C=O) groups is 2. The SMILES string of the molecule is CCN(CC(=O)Nc1ccccc1C(F)(F)F)C(=O)c1ccc(S(=O)(=O)NC)cc1. The highest BCUT2D eigenvalue weighted by molar-refractivity contribution is 7.89. The van der Waals surface area contributed by atoms with E-state index in [9.17, 15) is 31.2 Å². The molecule has 30 heavy (non-hydrogen) atoms. The van der Waals surface area contributed by atoms with Crippen molar-refractivity contribution in [3.05, 3.63) is 59.7 Å². The quantitative estimate of drug-likeness (QED) is 0.688. The van der Waals surface area contributed by atoms with E-state index in [0.717, 1.165) is 17.0 Å². The van der Waals surface area contributed by atoms with Crippen LogP contribution in [0.5, 0.6) is 0 Å². The van der Waals surface area contributed by atoms with Gasteiger partial charge in [-0.2, -0.15) is 13.2 Å². The molecule has 0 radical (unpaired) electrons. The molecule has 0 spiro atoms. The highest BCUT2D eigenvalue weighted by atomic mass is 32.2. The highest BCUT2D eigenvalue weighted by Crippen LogP contribution is 2.34. The molecule has 0 aliphatic heterocycles. The van der Waals surface area contributed by atoms with Gasteiger partial charge in [-0.15, -0.1) is 0 Å². The Morgan fingerprint density at radius 3 is 2.17 bits per heavy atom. The van der Waals surface area contributed by atoms with Crippen molar-refractivity contribution >= 4 is 27.5 Å². The Hall–Kier alpha value is -2.92. The normalized spacial score (nSPS) is 11.8. The number of amides is 2. The minimum atomic E-state index is -4.64. The van der Waals surface area contributed by atoms with Gasteiger partial charge in [0.1, 0.15) is 6.54 Å². The summed E-state index contributed by atoms with van der Waals surface area (Å²) in [6.45, 7) is 1.25. The van der Waals surface area contributed by atoms with E-state index in [1.807, 2.05) is 0 Å². The molecule has 0 saturated carbocycles. The summed E-state index contributed by atoms with van der Waals surface area (Å²) in [5.41, 5.74) is -1.26. The maximum Gasteiger partial charge on any atom is 0.418 e. The fourth-order valence-electron chi connectivity index (χ4n) is 2.61. The zero-order valence-electron chi connectivity index (χ0n) is 16.2. The predicted octanol–water partition coefficient (Wildman–Crippen LogP) is 2.71. The minimum absolute atomic E-state index is 0.0360. The summed E-state index contributed by atoms with van der Waals surface area (Å²) in [7, 11) is -2.41. The lowest BCUT2D eigenvalue weighted by molar-refractivity contribution is -0.137. The standard InChI is InChI=1S/C19H20F3N3O4S/c1-3-25(18(27)13-8-10-14(11-9-13)30(28,29)23-2)12-17(26)24-16-7-5-4-6-15(16)19(20,21)22/h4-11,23H,3,12H2,1-2H3,(H,24,26). The third-order valence-electron chi connectivity index (χ3n) is 4.19. The molecular formula is C19H20F3N3O4S. The van der Waals surface area contributed by atoms with Crippen LogP contribution in [0.15, 0.2) is 53.4 Å². The van der Waals surface area contributed by atoms with Crippen molar-refractivity contribution in [3.8, 4) is 0 Å². The van der Waals surface area contributed by atoms with Crippen molar-refractivity contribution in [1.82, 2.24) is 9.62 Å². The summed E-state index contributed by atoms with van der Waals surface area (Å²) in [6.07, 6.45) is -4.64. The number of alkyl halides is 3. The van der Waals surface area contributed by atoms with Crippen LogP contribution in [0.25, 0.3) is 0 Å². The van der Waals surface area contributed by atoms with Gasteiger partial charge >= 0.3 is 6.18 Å². The Morgan fingerprint density at radius 2 is 1.63 bits per heavy atom. The van der Waals surface area contributed by atoms with E-state index in [0.29, 0.717) is 0 Å². The molecule has 0 unspecified atom stereocenters. The van der Waals surface area contributed by atoms with Crippen molar-refractivity contribution in [2.75, 3.05) is 25.5 Å². The van der Waals surface area contributed by atoms with Gasteiger partial charge in [-0.05, 0) is 50.4 Å². The van der Waals surface area contributed by atoms with E-state index in [1.165, 1.54) is 43.4 Å². The number of hydrogen-bond acceptors (Lipinski definition) is 4. The molecule has 0 saturated heterocycles. The third kappa shape index (κ3) is 5.57. The summed E-state index contributed by atoms with van der Waals surface area (Å²) in [5, 5.41) is 2.18. The number of nitrogens with one attached hydrogen (secondary N) is 2. The molecule has 0 bridgehead atoms. The van der Waals surface area contributed by atoms with E-state index < -0.39 is 45.8 Å². The van der Waals surface area contributed by atoms with Crippen LogP contribution in [-0.4, -0.2) is 45.3 Å². The van der Waals surface area contributed by atoms with E-state index in [2.05, 4.69) is 10.0 Å². The zero-order chi connectivity index (χ0) is 22.5. The van der Waals surface area contributed by atoms with Crippen molar-refractivity contribution < 1.29 is 31.2 Å². The molecule has 0 aliphatic rings. The fraction of sp³-hybridized carbons (Fsp3) is 0.263. The lowest BCUT2D eigenvalue weighted by Gasteiger charge is -2.21. The topological polar surface area (TPSA) is 95.6 Å². The van der Waals surface area contributed by atoms with Crippen LogP contribution in [0.3, 0.4) is 0 Å². The predicted molar refractivity (Wildman–Crippen MR) is 104 cm³/mol. The highest BCUT2D eigenvalue weighted by Gasteiger charge is 2.33. The molecule has 2 aromatic rings. The average molecular weight is 443 g/mol. The summed E-state index contributed by atoms with van der Waals surface area (Å²) in [6, 6.07) is 9.61. The Balaban J connectivity index is 2.14. The van der Waals surface area contributed by atoms with Gasteiger partial charge in [-0.1, -0.05) is 12.1 Å². The van der Waals surface area contributed by atoms with Gasteiger partial charge in [0, 0.05) is 12.1 Å². The molecule has 11 heteroatoms. The molecule has 0 aliphatic carbocycles. The summed E-state index contributed by atoms with van der Waals surface area (Å²) in [5.74, 6) is -1.36. The van der Waals surface area contributed by atoms with Crippen LogP contribution in [0, 0.1) is 0 Å². The molecule has 2 rings (SSSR count). The first kappa shape index (κ1) is 23.4. The third-order valence-corrected chi connectivity index (χ3v) is 5.62. The Labute approximate surface area is 171 Å². The molecule has 2 aromatic carbocycles. The molecule has 2 amide bonds. The molecule has 0 aromatic heterocycles. The number of benzene rings is 2. The van der Waals surface area contributed by atoms with Gasteiger partial charge in [0.15, 0.2) is 0 Å². The maximum absolute atomic E-state index is 13.1. The first-order valence-electron chi connectivity index (χ1n) is 8.78. The van der Waals surface area contributed by atoms with Gasteiger partial charge < -0.3 is 10.2 Å².